The van der Waals surface area contributed by atoms with Crippen molar-refractivity contribution in [3.8, 4) is 0 Å². The van der Waals surface area contributed by atoms with Crippen LogP contribution in [0.3, 0.4) is 0 Å². The molecule has 1 rings (SSSR count). The largest absolute Gasteiger partial charge is 0.354 e. The predicted octanol–water partition coefficient (Wildman–Crippen LogP) is -0.830. The Kier molecular flexibility index (Phi) is 3.62. The average Bonchev–Trinajstić information content (AvgIpc) is 2.29. The van der Waals surface area contributed by atoms with Gasteiger partial charge in [-0.15, -0.1) is 0 Å². The van der Waals surface area contributed by atoms with Gasteiger partial charge in [-0.3, -0.25) is 9.59 Å². The van der Waals surface area contributed by atoms with Crippen LogP contribution in [0, 0.1) is 5.92 Å². The Morgan fingerprint density at radius 3 is 2.93 bits per heavy atom. The van der Waals surface area contributed by atoms with E-state index in [2.05, 4.69) is 5.32 Å². The molecule has 1 N–H and O–H groups in total. The number of aldehydes is 1. The molecule has 0 spiro atoms. The smallest absolute Gasteiger partial charge is 0.232 e. The van der Waals surface area contributed by atoms with Crippen LogP contribution in [0.15, 0.2) is 0 Å². The molecule has 2 amide bonds. The molecule has 14 heavy (non-hydrogen) atoms. The zero-order valence-electron chi connectivity index (χ0n) is 8.16. The van der Waals surface area contributed by atoms with Crippen molar-refractivity contribution in [2.24, 2.45) is 5.92 Å². The summed E-state index contributed by atoms with van der Waals surface area (Å²) in [4.78, 5) is 34.4. The third-order valence-electron chi connectivity index (χ3n) is 2.11. The molecule has 1 unspecified atom stereocenters. The van der Waals surface area contributed by atoms with Gasteiger partial charge in [-0.25, -0.2) is 0 Å². The van der Waals surface area contributed by atoms with Crippen LogP contribution in [0.4, 0.5) is 0 Å². The van der Waals surface area contributed by atoms with Gasteiger partial charge in [0.05, 0.1) is 0 Å². The van der Waals surface area contributed by atoms with Gasteiger partial charge in [-0.2, -0.15) is 0 Å². The molecule has 1 aliphatic heterocycles. The fraction of sp³-hybridized carbons (Fsp3) is 0.667. The second-order valence-corrected chi connectivity index (χ2v) is 3.48. The van der Waals surface area contributed by atoms with E-state index in [1.54, 1.807) is 11.8 Å². The first-order valence-electron chi connectivity index (χ1n) is 4.63. The van der Waals surface area contributed by atoms with Gasteiger partial charge in [0.15, 0.2) is 0 Å². The van der Waals surface area contributed by atoms with Gasteiger partial charge in [-0.05, 0) is 0 Å². The molecule has 0 aromatic heterocycles. The molecule has 0 aromatic rings. The lowest BCUT2D eigenvalue weighted by molar-refractivity contribution is -0.134. The van der Waals surface area contributed by atoms with E-state index in [0.717, 1.165) is 6.29 Å². The van der Waals surface area contributed by atoms with Crippen molar-refractivity contribution in [3.05, 3.63) is 0 Å². The highest BCUT2D eigenvalue weighted by molar-refractivity contribution is 5.97. The zero-order chi connectivity index (χ0) is 10.6. The van der Waals surface area contributed by atoms with E-state index >= 15 is 0 Å². The summed E-state index contributed by atoms with van der Waals surface area (Å²) < 4.78 is 0. The molecule has 0 aliphatic carbocycles. The molecule has 1 fully saturated rings. The molecule has 78 valence electrons. The topological polar surface area (TPSA) is 66.5 Å². The summed E-state index contributed by atoms with van der Waals surface area (Å²) in [7, 11) is 0. The van der Waals surface area contributed by atoms with Crippen LogP contribution < -0.4 is 5.32 Å². The first-order chi connectivity index (χ1) is 6.63. The summed E-state index contributed by atoms with van der Waals surface area (Å²) in [6, 6.07) is 0. The fourth-order valence-corrected chi connectivity index (χ4v) is 1.35. The van der Waals surface area contributed by atoms with Gasteiger partial charge < -0.3 is 15.0 Å². The van der Waals surface area contributed by atoms with Gasteiger partial charge in [0.1, 0.15) is 12.7 Å². The van der Waals surface area contributed by atoms with Crippen LogP contribution >= 0.6 is 0 Å². The highest BCUT2D eigenvalue weighted by Crippen LogP contribution is 2.02. The number of hydrogen-bond donors (Lipinski definition) is 1. The standard InChI is InChI=1S/C9H14N2O3/c1-7(6-12)5-11-3-2-10-8(13)4-9(11)14/h6-7H,2-5H2,1H3,(H,10,13). The van der Waals surface area contributed by atoms with E-state index in [4.69, 9.17) is 0 Å². The maximum Gasteiger partial charge on any atom is 0.232 e. The average molecular weight is 198 g/mol. The summed E-state index contributed by atoms with van der Waals surface area (Å²) in [5.41, 5.74) is 0. The second-order valence-electron chi connectivity index (χ2n) is 3.48. The zero-order valence-corrected chi connectivity index (χ0v) is 8.16. The van der Waals surface area contributed by atoms with Crippen LogP contribution in [0.5, 0.6) is 0 Å². The van der Waals surface area contributed by atoms with E-state index in [-0.39, 0.29) is 24.2 Å². The van der Waals surface area contributed by atoms with Crippen molar-refractivity contribution in [1.82, 2.24) is 10.2 Å². The lowest BCUT2D eigenvalue weighted by Crippen LogP contribution is -2.36. The van der Waals surface area contributed by atoms with E-state index in [0.29, 0.717) is 19.6 Å². The molecular formula is C9H14N2O3. The number of carbonyl (C=O) groups is 3. The number of carbonyl (C=O) groups excluding carboxylic acids is 3. The number of nitrogens with zero attached hydrogens (tertiary/aromatic N) is 1. The molecular weight excluding hydrogens is 184 g/mol. The summed E-state index contributed by atoms with van der Waals surface area (Å²) in [5, 5.41) is 2.61. The van der Waals surface area contributed by atoms with Crippen molar-refractivity contribution in [2.75, 3.05) is 19.6 Å². The second kappa shape index (κ2) is 4.74. The molecule has 5 heteroatoms. The van der Waals surface area contributed by atoms with Crippen LogP contribution in [0.1, 0.15) is 13.3 Å². The Morgan fingerprint density at radius 2 is 2.29 bits per heavy atom. The Labute approximate surface area is 82.4 Å². The third-order valence-corrected chi connectivity index (χ3v) is 2.11. The first-order valence-corrected chi connectivity index (χ1v) is 4.63. The molecule has 0 aromatic carbocycles. The van der Waals surface area contributed by atoms with Crippen molar-refractivity contribution in [2.45, 2.75) is 13.3 Å². The maximum atomic E-state index is 11.4. The monoisotopic (exact) mass is 198 g/mol. The van der Waals surface area contributed by atoms with Crippen LogP contribution in [0.25, 0.3) is 0 Å². The minimum absolute atomic E-state index is 0.106. The van der Waals surface area contributed by atoms with Gasteiger partial charge in [0, 0.05) is 25.6 Å². The van der Waals surface area contributed by atoms with Crippen molar-refractivity contribution in [1.29, 1.82) is 0 Å². The molecule has 0 saturated carbocycles. The highest BCUT2D eigenvalue weighted by atomic mass is 16.2. The first kappa shape index (κ1) is 10.7. The highest BCUT2D eigenvalue weighted by Gasteiger charge is 2.21. The molecule has 5 nitrogen and oxygen atoms in total. The summed E-state index contributed by atoms with van der Waals surface area (Å²) in [6.07, 6.45) is 0.707. The number of hydrogen-bond acceptors (Lipinski definition) is 3. The summed E-state index contributed by atoms with van der Waals surface area (Å²) >= 11 is 0. The Morgan fingerprint density at radius 1 is 1.57 bits per heavy atom. The van der Waals surface area contributed by atoms with Gasteiger partial charge in [0.25, 0.3) is 0 Å². The maximum absolute atomic E-state index is 11.4. The molecule has 1 heterocycles. The molecule has 0 radical (unpaired) electrons. The van der Waals surface area contributed by atoms with Crippen molar-refractivity contribution < 1.29 is 14.4 Å². The Hall–Kier alpha value is -1.39. The SMILES string of the molecule is CC(C=O)CN1CCNC(=O)CC1=O. The predicted molar refractivity (Wildman–Crippen MR) is 49.4 cm³/mol. The van der Waals surface area contributed by atoms with E-state index < -0.39 is 0 Å². The van der Waals surface area contributed by atoms with Crippen LogP contribution in [-0.2, 0) is 14.4 Å². The fourth-order valence-electron chi connectivity index (χ4n) is 1.35. The Balaban J connectivity index is 2.54. The summed E-state index contributed by atoms with van der Waals surface area (Å²) in [6.45, 7) is 3.11. The Bertz CT molecular complexity index is 252. The molecule has 1 atom stereocenters. The number of amides is 2. The number of rotatable bonds is 3. The van der Waals surface area contributed by atoms with Crippen molar-refractivity contribution in [3.63, 3.8) is 0 Å². The van der Waals surface area contributed by atoms with Crippen LogP contribution in [-0.4, -0.2) is 42.6 Å². The lowest BCUT2D eigenvalue weighted by atomic mass is 10.2. The summed E-state index contributed by atoms with van der Waals surface area (Å²) in [5.74, 6) is -0.614. The lowest BCUT2D eigenvalue weighted by Gasteiger charge is -2.20. The van der Waals surface area contributed by atoms with Crippen molar-refractivity contribution >= 4 is 18.1 Å². The normalized spacial score (nSPS) is 19.9. The quantitative estimate of drug-likeness (QED) is 0.475. The number of nitrogens with one attached hydrogen (secondary N) is 1. The van der Waals surface area contributed by atoms with E-state index in [9.17, 15) is 14.4 Å². The third kappa shape index (κ3) is 2.83. The minimum atomic E-state index is -0.240. The van der Waals surface area contributed by atoms with E-state index in [1.807, 2.05) is 0 Å². The van der Waals surface area contributed by atoms with E-state index in [1.165, 1.54) is 0 Å². The molecule has 0 bridgehead atoms. The van der Waals surface area contributed by atoms with Gasteiger partial charge in [0.2, 0.25) is 11.8 Å². The van der Waals surface area contributed by atoms with Gasteiger partial charge >= 0.3 is 0 Å². The molecule has 1 saturated heterocycles. The molecule has 1 aliphatic rings. The minimum Gasteiger partial charge on any atom is -0.354 e. The van der Waals surface area contributed by atoms with Crippen LogP contribution in [0.2, 0.25) is 0 Å². The van der Waals surface area contributed by atoms with Gasteiger partial charge in [-0.1, -0.05) is 6.92 Å².